The van der Waals surface area contributed by atoms with Crippen LogP contribution in [0.25, 0.3) is 0 Å². The van der Waals surface area contributed by atoms with E-state index < -0.39 is 0 Å². The Morgan fingerprint density at radius 3 is 2.63 bits per heavy atom. The summed E-state index contributed by atoms with van der Waals surface area (Å²) in [7, 11) is 0. The number of allylic oxidation sites excluding steroid dienone is 1. The van der Waals surface area contributed by atoms with Gasteiger partial charge in [0.1, 0.15) is 0 Å². The lowest BCUT2D eigenvalue weighted by Crippen LogP contribution is -2.12. The van der Waals surface area contributed by atoms with Crippen molar-refractivity contribution in [1.82, 2.24) is 0 Å². The maximum absolute atomic E-state index is 5.36. The van der Waals surface area contributed by atoms with E-state index in [1.807, 2.05) is 19.9 Å². The molecular formula is C17H26O2. The van der Waals surface area contributed by atoms with Crippen LogP contribution in [0, 0.1) is 23.7 Å². The van der Waals surface area contributed by atoms with E-state index in [-0.39, 0.29) is 6.29 Å². The van der Waals surface area contributed by atoms with Crippen molar-refractivity contribution in [3.8, 4) is 23.7 Å². The molecule has 0 fully saturated rings. The van der Waals surface area contributed by atoms with Gasteiger partial charge in [0.05, 0.1) is 13.0 Å². The SMILES string of the molecule is CCCCCC#CCC#CC=CCOC(C)OCC. The first-order valence-corrected chi connectivity index (χ1v) is 7.13. The van der Waals surface area contributed by atoms with Gasteiger partial charge in [0, 0.05) is 13.0 Å². The van der Waals surface area contributed by atoms with Gasteiger partial charge in [0.25, 0.3) is 0 Å². The molecule has 0 aromatic carbocycles. The largest absolute Gasteiger partial charge is 0.353 e. The van der Waals surface area contributed by atoms with Crippen LogP contribution >= 0.6 is 0 Å². The Hall–Kier alpha value is -1.22. The second-order valence-corrected chi connectivity index (χ2v) is 4.07. The zero-order valence-corrected chi connectivity index (χ0v) is 12.5. The topological polar surface area (TPSA) is 18.5 Å². The van der Waals surface area contributed by atoms with Crippen molar-refractivity contribution >= 4 is 0 Å². The third-order valence-corrected chi connectivity index (χ3v) is 2.34. The van der Waals surface area contributed by atoms with E-state index in [1.54, 1.807) is 6.08 Å². The minimum Gasteiger partial charge on any atom is -0.353 e. The molecule has 0 aliphatic heterocycles. The molecule has 2 heteroatoms. The van der Waals surface area contributed by atoms with Crippen LogP contribution in [-0.4, -0.2) is 19.5 Å². The summed E-state index contributed by atoms with van der Waals surface area (Å²) in [5.41, 5.74) is 0. The van der Waals surface area contributed by atoms with E-state index in [0.717, 1.165) is 6.42 Å². The third-order valence-electron chi connectivity index (χ3n) is 2.34. The Balaban J connectivity index is 3.52. The number of ether oxygens (including phenoxy) is 2. The van der Waals surface area contributed by atoms with Gasteiger partial charge in [-0.3, -0.25) is 0 Å². The number of unbranched alkanes of at least 4 members (excludes halogenated alkanes) is 3. The van der Waals surface area contributed by atoms with E-state index in [2.05, 4.69) is 30.6 Å². The van der Waals surface area contributed by atoms with Crippen LogP contribution < -0.4 is 0 Å². The Bertz CT molecular complexity index is 336. The zero-order chi connectivity index (χ0) is 14.2. The summed E-state index contributed by atoms with van der Waals surface area (Å²) in [6, 6.07) is 0. The highest BCUT2D eigenvalue weighted by atomic mass is 16.7. The molecule has 0 aliphatic carbocycles. The van der Waals surface area contributed by atoms with Crippen molar-refractivity contribution in [2.75, 3.05) is 13.2 Å². The van der Waals surface area contributed by atoms with Gasteiger partial charge in [-0.2, -0.15) is 0 Å². The second-order valence-electron chi connectivity index (χ2n) is 4.07. The van der Waals surface area contributed by atoms with Crippen molar-refractivity contribution in [2.45, 2.75) is 59.2 Å². The van der Waals surface area contributed by atoms with E-state index in [4.69, 9.17) is 9.47 Å². The highest BCUT2D eigenvalue weighted by Gasteiger charge is 1.96. The van der Waals surface area contributed by atoms with Gasteiger partial charge in [0.15, 0.2) is 6.29 Å². The molecule has 2 nitrogen and oxygen atoms in total. The van der Waals surface area contributed by atoms with Crippen LogP contribution in [0.1, 0.15) is 52.9 Å². The highest BCUT2D eigenvalue weighted by Crippen LogP contribution is 1.96. The Morgan fingerprint density at radius 2 is 1.89 bits per heavy atom. The Labute approximate surface area is 118 Å². The van der Waals surface area contributed by atoms with Gasteiger partial charge in [-0.25, -0.2) is 0 Å². The van der Waals surface area contributed by atoms with Crippen molar-refractivity contribution < 1.29 is 9.47 Å². The first kappa shape index (κ1) is 17.8. The fourth-order valence-corrected chi connectivity index (χ4v) is 1.35. The van der Waals surface area contributed by atoms with Crippen molar-refractivity contribution in [3.63, 3.8) is 0 Å². The van der Waals surface area contributed by atoms with E-state index in [0.29, 0.717) is 19.6 Å². The maximum atomic E-state index is 5.36. The van der Waals surface area contributed by atoms with Gasteiger partial charge >= 0.3 is 0 Å². The minimum absolute atomic E-state index is 0.156. The summed E-state index contributed by atoms with van der Waals surface area (Å²) < 4.78 is 10.6. The first-order chi connectivity index (χ1) is 9.31. The lowest BCUT2D eigenvalue weighted by atomic mass is 10.2. The summed E-state index contributed by atoms with van der Waals surface area (Å²) in [4.78, 5) is 0. The molecule has 0 aliphatic rings. The van der Waals surface area contributed by atoms with Gasteiger partial charge in [-0.15, -0.1) is 5.92 Å². The van der Waals surface area contributed by atoms with Crippen LogP contribution in [0.5, 0.6) is 0 Å². The van der Waals surface area contributed by atoms with Crippen LogP contribution in [0.3, 0.4) is 0 Å². The molecule has 19 heavy (non-hydrogen) atoms. The average molecular weight is 262 g/mol. The number of hydrogen-bond donors (Lipinski definition) is 0. The lowest BCUT2D eigenvalue weighted by Gasteiger charge is -2.10. The number of hydrogen-bond acceptors (Lipinski definition) is 2. The van der Waals surface area contributed by atoms with Gasteiger partial charge in [-0.1, -0.05) is 43.6 Å². The fourth-order valence-electron chi connectivity index (χ4n) is 1.35. The lowest BCUT2D eigenvalue weighted by molar-refractivity contribution is -0.118. The molecule has 0 bridgehead atoms. The molecule has 0 radical (unpaired) electrons. The predicted molar refractivity (Wildman–Crippen MR) is 80.5 cm³/mol. The molecular weight excluding hydrogens is 236 g/mol. The van der Waals surface area contributed by atoms with Crippen molar-refractivity contribution in [2.24, 2.45) is 0 Å². The molecule has 0 saturated carbocycles. The van der Waals surface area contributed by atoms with Crippen LogP contribution in [-0.2, 0) is 9.47 Å². The third kappa shape index (κ3) is 14.7. The Morgan fingerprint density at radius 1 is 1.05 bits per heavy atom. The van der Waals surface area contributed by atoms with Gasteiger partial charge < -0.3 is 9.47 Å². The van der Waals surface area contributed by atoms with Gasteiger partial charge in [0.2, 0.25) is 0 Å². The summed E-state index contributed by atoms with van der Waals surface area (Å²) in [6.07, 6.45) is 8.89. The molecule has 106 valence electrons. The molecule has 0 heterocycles. The maximum Gasteiger partial charge on any atom is 0.155 e. The van der Waals surface area contributed by atoms with E-state index >= 15 is 0 Å². The first-order valence-electron chi connectivity index (χ1n) is 7.13. The molecule has 1 unspecified atom stereocenters. The van der Waals surface area contributed by atoms with Crippen molar-refractivity contribution in [1.29, 1.82) is 0 Å². The molecule has 1 atom stereocenters. The molecule has 0 aromatic heterocycles. The molecule has 0 aromatic rings. The average Bonchev–Trinajstić information content (AvgIpc) is 2.40. The monoisotopic (exact) mass is 262 g/mol. The van der Waals surface area contributed by atoms with Gasteiger partial charge in [-0.05, 0) is 26.3 Å². The quantitative estimate of drug-likeness (QED) is 0.375. The van der Waals surface area contributed by atoms with Crippen LogP contribution in [0.15, 0.2) is 12.2 Å². The highest BCUT2D eigenvalue weighted by molar-refractivity contribution is 5.19. The van der Waals surface area contributed by atoms with E-state index in [9.17, 15) is 0 Å². The van der Waals surface area contributed by atoms with Crippen LogP contribution in [0.2, 0.25) is 0 Å². The number of rotatable bonds is 8. The molecule has 0 saturated heterocycles. The summed E-state index contributed by atoms with van der Waals surface area (Å²) in [6.45, 7) is 7.23. The molecule has 0 amide bonds. The predicted octanol–water partition coefficient (Wildman–Crippen LogP) is 3.92. The smallest absolute Gasteiger partial charge is 0.155 e. The fraction of sp³-hybridized carbons (Fsp3) is 0.647. The summed E-state index contributed by atoms with van der Waals surface area (Å²) in [5, 5.41) is 0. The molecule has 0 spiro atoms. The minimum atomic E-state index is -0.156. The van der Waals surface area contributed by atoms with Crippen molar-refractivity contribution in [3.05, 3.63) is 12.2 Å². The standard InChI is InChI=1S/C17H26O2/c1-4-6-7-8-9-10-11-12-13-14-15-16-19-17(3)18-5-2/h14-15,17H,4-8,11,16H2,1-3H3. The molecule has 0 rings (SSSR count). The summed E-state index contributed by atoms with van der Waals surface area (Å²) in [5.74, 6) is 12.1. The van der Waals surface area contributed by atoms with Crippen LogP contribution in [0.4, 0.5) is 0 Å². The molecule has 0 N–H and O–H groups in total. The second kappa shape index (κ2) is 14.8. The normalized spacial score (nSPS) is 11.5. The summed E-state index contributed by atoms with van der Waals surface area (Å²) >= 11 is 0. The van der Waals surface area contributed by atoms with E-state index in [1.165, 1.54) is 19.3 Å². The Kier molecular flexibility index (Phi) is 13.9. The zero-order valence-electron chi connectivity index (χ0n) is 12.5.